The molecule has 0 aromatic carbocycles. The van der Waals surface area contributed by atoms with Crippen LogP contribution in [0.3, 0.4) is 0 Å². The number of hydrogen-bond acceptors (Lipinski definition) is 4. The summed E-state index contributed by atoms with van der Waals surface area (Å²) in [6.45, 7) is 6.20. The summed E-state index contributed by atoms with van der Waals surface area (Å²) in [4.78, 5) is 5.81. The average molecular weight is 262 g/mol. The van der Waals surface area contributed by atoms with Gasteiger partial charge in [-0.2, -0.15) is 13.2 Å². The molecule has 0 aliphatic heterocycles. The van der Waals surface area contributed by atoms with E-state index >= 15 is 0 Å². The van der Waals surface area contributed by atoms with Crippen LogP contribution in [0.1, 0.15) is 26.3 Å². The number of nitrogen functional groups attached to an aromatic ring is 1. The number of hydrogen-bond donors (Lipinski definition) is 2. The number of nitrogens with two attached hydrogens (primary N) is 1. The third kappa shape index (κ3) is 3.25. The maximum absolute atomic E-state index is 12.7. The minimum Gasteiger partial charge on any atom is -0.354 e. The Morgan fingerprint density at radius 1 is 1.39 bits per heavy atom. The molecule has 0 saturated heterocycles. The van der Waals surface area contributed by atoms with Crippen molar-refractivity contribution < 1.29 is 13.2 Å². The van der Waals surface area contributed by atoms with Crippen molar-refractivity contribution >= 4 is 11.6 Å². The van der Waals surface area contributed by atoms with Crippen molar-refractivity contribution in [3.8, 4) is 0 Å². The second-order valence-corrected chi connectivity index (χ2v) is 4.12. The van der Waals surface area contributed by atoms with E-state index in [2.05, 4.69) is 10.4 Å². The van der Waals surface area contributed by atoms with E-state index in [1.807, 2.05) is 20.8 Å². The average Bonchev–Trinajstić information content (AvgIpc) is 2.27. The second-order valence-electron chi connectivity index (χ2n) is 4.12. The van der Waals surface area contributed by atoms with Gasteiger partial charge in [0.05, 0.1) is 5.56 Å². The molecule has 0 saturated carbocycles. The monoisotopic (exact) mass is 262 g/mol. The molecule has 1 aromatic rings. The Kier molecular flexibility index (Phi) is 4.39. The van der Waals surface area contributed by atoms with Gasteiger partial charge in [0, 0.05) is 12.6 Å². The zero-order valence-corrected chi connectivity index (χ0v) is 10.5. The normalized spacial score (nSPS) is 11.8. The van der Waals surface area contributed by atoms with Crippen LogP contribution in [0.25, 0.3) is 0 Å². The van der Waals surface area contributed by atoms with Crippen molar-refractivity contribution in [1.29, 1.82) is 0 Å². The molecule has 1 heterocycles. The molecule has 0 amide bonds. The summed E-state index contributed by atoms with van der Waals surface area (Å²) < 4.78 is 38.2. The van der Waals surface area contributed by atoms with Crippen LogP contribution < -0.4 is 16.2 Å². The Morgan fingerprint density at radius 2 is 2.00 bits per heavy atom. The van der Waals surface area contributed by atoms with Gasteiger partial charge in [-0.25, -0.2) is 10.8 Å². The summed E-state index contributed by atoms with van der Waals surface area (Å²) in [6, 6.07) is 1.97. The van der Waals surface area contributed by atoms with Crippen LogP contribution in [0, 0.1) is 0 Å². The number of pyridine rings is 1. The van der Waals surface area contributed by atoms with Gasteiger partial charge in [0.25, 0.3) is 0 Å². The molecular weight excluding hydrogens is 245 g/mol. The van der Waals surface area contributed by atoms with E-state index in [9.17, 15) is 13.2 Å². The summed E-state index contributed by atoms with van der Waals surface area (Å²) in [7, 11) is 0. The van der Waals surface area contributed by atoms with Gasteiger partial charge in [-0.15, -0.1) is 0 Å². The largest absolute Gasteiger partial charge is 0.416 e. The van der Waals surface area contributed by atoms with Crippen LogP contribution in [-0.4, -0.2) is 17.6 Å². The van der Waals surface area contributed by atoms with E-state index in [0.29, 0.717) is 6.54 Å². The Balaban J connectivity index is 3.27. The van der Waals surface area contributed by atoms with E-state index in [1.165, 1.54) is 0 Å². The Hall–Kier alpha value is -1.50. The van der Waals surface area contributed by atoms with Gasteiger partial charge in [0.1, 0.15) is 11.6 Å². The Bertz CT molecular complexity index is 404. The predicted molar refractivity (Wildman–Crippen MR) is 65.2 cm³/mol. The molecule has 4 nitrogen and oxygen atoms in total. The van der Waals surface area contributed by atoms with E-state index < -0.39 is 11.7 Å². The molecule has 0 radical (unpaired) electrons. The summed E-state index contributed by atoms with van der Waals surface area (Å²) in [5.74, 6) is 5.41. The van der Waals surface area contributed by atoms with E-state index in [-0.39, 0.29) is 17.7 Å². The van der Waals surface area contributed by atoms with Crippen LogP contribution in [0.5, 0.6) is 0 Å². The molecule has 1 aromatic heterocycles. The maximum atomic E-state index is 12.7. The maximum Gasteiger partial charge on any atom is 0.416 e. The first-order valence-electron chi connectivity index (χ1n) is 5.62. The molecular formula is C11H17F3N4. The zero-order chi connectivity index (χ0) is 13.9. The molecule has 0 atom stereocenters. The summed E-state index contributed by atoms with van der Waals surface area (Å²) in [5.41, 5.74) is 1.40. The van der Waals surface area contributed by atoms with Gasteiger partial charge < -0.3 is 10.3 Å². The number of nitrogens with one attached hydrogen (secondary N) is 1. The number of alkyl halides is 3. The number of nitrogens with zero attached hydrogens (tertiary/aromatic N) is 2. The quantitative estimate of drug-likeness (QED) is 0.647. The van der Waals surface area contributed by atoms with Crippen molar-refractivity contribution in [3.63, 3.8) is 0 Å². The highest BCUT2D eigenvalue weighted by molar-refractivity contribution is 5.51. The van der Waals surface area contributed by atoms with E-state index in [1.54, 1.807) is 4.90 Å². The number of aromatic nitrogens is 1. The molecule has 3 N–H and O–H groups in total. The number of anilines is 2. The van der Waals surface area contributed by atoms with Gasteiger partial charge in [-0.3, -0.25) is 0 Å². The topological polar surface area (TPSA) is 54.2 Å². The second kappa shape index (κ2) is 5.43. The third-order valence-corrected chi connectivity index (χ3v) is 2.55. The van der Waals surface area contributed by atoms with Crippen LogP contribution >= 0.6 is 0 Å². The molecule has 1 rings (SSSR count). The molecule has 0 aliphatic carbocycles. The summed E-state index contributed by atoms with van der Waals surface area (Å²) in [6.07, 6.45) is -4.42. The number of rotatable bonds is 4. The predicted octanol–water partition coefficient (Wildman–Crippen LogP) is 2.62. The SMILES string of the molecule is CCN(c1cc(C(F)(F)F)cc(NN)n1)C(C)C. The molecule has 0 aliphatic rings. The van der Waals surface area contributed by atoms with Gasteiger partial charge in [0.15, 0.2) is 0 Å². The molecule has 0 unspecified atom stereocenters. The van der Waals surface area contributed by atoms with Crippen LogP contribution in [0.4, 0.5) is 24.8 Å². The fourth-order valence-electron chi connectivity index (χ4n) is 1.69. The van der Waals surface area contributed by atoms with E-state index in [4.69, 9.17) is 5.84 Å². The number of hydrazine groups is 1. The highest BCUT2D eigenvalue weighted by Crippen LogP contribution is 2.33. The fourth-order valence-corrected chi connectivity index (χ4v) is 1.69. The highest BCUT2D eigenvalue weighted by atomic mass is 19.4. The van der Waals surface area contributed by atoms with Crippen molar-refractivity contribution in [2.75, 3.05) is 16.9 Å². The standard InChI is InChI=1S/C11H17F3N4/c1-4-18(7(2)3)10-6-8(11(12,13)14)5-9(16-10)17-15/h5-7H,4,15H2,1-3H3,(H,16,17). The fraction of sp³-hybridized carbons (Fsp3) is 0.545. The van der Waals surface area contributed by atoms with Gasteiger partial charge >= 0.3 is 6.18 Å². The lowest BCUT2D eigenvalue weighted by Gasteiger charge is -2.27. The van der Waals surface area contributed by atoms with Crippen molar-refractivity contribution in [3.05, 3.63) is 17.7 Å². The minimum absolute atomic E-state index is 0.000995. The van der Waals surface area contributed by atoms with Gasteiger partial charge in [0.2, 0.25) is 0 Å². The van der Waals surface area contributed by atoms with Gasteiger partial charge in [-0.1, -0.05) is 0 Å². The van der Waals surface area contributed by atoms with Gasteiger partial charge in [-0.05, 0) is 32.9 Å². The van der Waals surface area contributed by atoms with Crippen LogP contribution in [0.15, 0.2) is 12.1 Å². The molecule has 0 bridgehead atoms. The van der Waals surface area contributed by atoms with Crippen molar-refractivity contribution in [2.24, 2.45) is 5.84 Å². The third-order valence-electron chi connectivity index (χ3n) is 2.55. The first-order chi connectivity index (χ1) is 8.29. The minimum atomic E-state index is -4.42. The molecule has 0 fully saturated rings. The smallest absolute Gasteiger partial charge is 0.354 e. The molecule has 0 spiro atoms. The van der Waals surface area contributed by atoms with Crippen molar-refractivity contribution in [1.82, 2.24) is 4.98 Å². The Labute approximate surface area is 104 Å². The molecule has 7 heteroatoms. The van der Waals surface area contributed by atoms with Crippen LogP contribution in [0.2, 0.25) is 0 Å². The lowest BCUT2D eigenvalue weighted by Crippen LogP contribution is -2.31. The lowest BCUT2D eigenvalue weighted by atomic mass is 10.2. The Morgan fingerprint density at radius 3 is 2.39 bits per heavy atom. The molecule has 18 heavy (non-hydrogen) atoms. The van der Waals surface area contributed by atoms with E-state index in [0.717, 1.165) is 12.1 Å². The number of halogens is 3. The first-order valence-corrected chi connectivity index (χ1v) is 5.62. The van der Waals surface area contributed by atoms with Crippen LogP contribution in [-0.2, 0) is 6.18 Å². The lowest BCUT2D eigenvalue weighted by molar-refractivity contribution is -0.137. The first kappa shape index (κ1) is 14.6. The zero-order valence-electron chi connectivity index (χ0n) is 10.5. The summed E-state index contributed by atoms with van der Waals surface area (Å²) >= 11 is 0. The summed E-state index contributed by atoms with van der Waals surface area (Å²) in [5, 5.41) is 0. The molecule has 102 valence electrons. The highest BCUT2D eigenvalue weighted by Gasteiger charge is 2.32. The van der Waals surface area contributed by atoms with Crippen molar-refractivity contribution in [2.45, 2.75) is 33.0 Å².